The third kappa shape index (κ3) is 5.15. The van der Waals surface area contributed by atoms with Crippen molar-refractivity contribution in [2.45, 2.75) is 30.8 Å². The molecule has 1 fully saturated rings. The van der Waals surface area contributed by atoms with Gasteiger partial charge in [-0.1, -0.05) is 11.8 Å². The van der Waals surface area contributed by atoms with Crippen LogP contribution in [0.1, 0.15) is 19.8 Å². The van der Waals surface area contributed by atoms with Gasteiger partial charge in [-0.05, 0) is 42.2 Å². The van der Waals surface area contributed by atoms with Gasteiger partial charge in [-0.15, -0.1) is 5.10 Å². The van der Waals surface area contributed by atoms with Gasteiger partial charge in [0.15, 0.2) is 6.61 Å². The van der Waals surface area contributed by atoms with E-state index in [-0.39, 0.29) is 16.3 Å². The zero-order valence-electron chi connectivity index (χ0n) is 15.5. The number of nitrogens with zero attached hydrogens (tertiary/aromatic N) is 4. The molecule has 1 atom stereocenters. The second-order valence-corrected chi connectivity index (χ2v) is 8.83. The molecule has 0 radical (unpaired) electrons. The smallest absolute Gasteiger partial charge is 0.385 e. The first kappa shape index (κ1) is 21.3. The molecule has 1 aromatic heterocycles. The third-order valence-electron chi connectivity index (χ3n) is 4.45. The van der Waals surface area contributed by atoms with Crippen LogP contribution in [0, 0.1) is 5.92 Å². The quantitative estimate of drug-likeness (QED) is 0.725. The summed E-state index contributed by atoms with van der Waals surface area (Å²) in [6, 6.07) is 4.18. The lowest BCUT2D eigenvalue weighted by molar-refractivity contribution is -0.141. The molecule has 1 aliphatic rings. The van der Waals surface area contributed by atoms with Gasteiger partial charge in [-0.2, -0.15) is 17.5 Å². The van der Waals surface area contributed by atoms with Crippen LogP contribution in [0.5, 0.6) is 0 Å². The molecule has 1 N–H and O–H groups in total. The summed E-state index contributed by atoms with van der Waals surface area (Å²) in [6.45, 7) is 0.618. The Morgan fingerprint density at radius 3 is 2.83 bits per heavy atom. The minimum absolute atomic E-state index is 0.0211. The van der Waals surface area contributed by atoms with Gasteiger partial charge < -0.3 is 10.2 Å². The Labute approximate surface area is 164 Å². The maximum Gasteiger partial charge on any atom is 0.405 e. The number of aromatic nitrogens is 3. The SMILES string of the molecule is CC1CCCN(S(=O)(=O)c2ccc3nnn(OCC(=O)NCC(F)(F)F)c3c2)C1. The number of sulfonamides is 1. The zero-order chi connectivity index (χ0) is 21.2. The van der Waals surface area contributed by atoms with E-state index in [1.54, 1.807) is 5.32 Å². The van der Waals surface area contributed by atoms with Crippen LogP contribution in [0.2, 0.25) is 0 Å². The number of piperidine rings is 1. The second-order valence-electron chi connectivity index (χ2n) is 6.89. The van der Waals surface area contributed by atoms with Crippen molar-refractivity contribution in [1.29, 1.82) is 0 Å². The Morgan fingerprint density at radius 1 is 1.38 bits per heavy atom. The van der Waals surface area contributed by atoms with Crippen LogP contribution in [-0.4, -0.2) is 66.2 Å². The van der Waals surface area contributed by atoms with Crippen LogP contribution in [-0.2, 0) is 14.8 Å². The highest BCUT2D eigenvalue weighted by Gasteiger charge is 2.30. The van der Waals surface area contributed by atoms with Crippen LogP contribution in [0.25, 0.3) is 11.0 Å². The van der Waals surface area contributed by atoms with E-state index in [1.807, 2.05) is 6.92 Å². The normalized spacial score (nSPS) is 18.7. The molecule has 160 valence electrons. The van der Waals surface area contributed by atoms with E-state index in [2.05, 4.69) is 10.3 Å². The average Bonchev–Trinajstić information content (AvgIpc) is 3.06. The number of hydrogen-bond acceptors (Lipinski definition) is 6. The Morgan fingerprint density at radius 2 is 2.14 bits per heavy atom. The standard InChI is InChI=1S/C16H20F3N5O4S/c1-11-3-2-6-23(8-11)29(26,27)12-4-5-13-14(7-12)24(22-21-13)28-9-15(25)20-10-16(17,18)19/h4-5,7,11H,2-3,6,8-10H2,1H3,(H,20,25). The topological polar surface area (TPSA) is 106 Å². The average molecular weight is 435 g/mol. The highest BCUT2D eigenvalue weighted by Crippen LogP contribution is 2.25. The molecule has 0 aliphatic carbocycles. The monoisotopic (exact) mass is 435 g/mol. The number of benzene rings is 1. The van der Waals surface area contributed by atoms with E-state index in [4.69, 9.17) is 4.84 Å². The summed E-state index contributed by atoms with van der Waals surface area (Å²) in [7, 11) is -3.73. The second kappa shape index (κ2) is 8.14. The van der Waals surface area contributed by atoms with Gasteiger partial charge in [-0.25, -0.2) is 8.42 Å². The molecule has 13 heteroatoms. The molecule has 1 unspecified atom stereocenters. The molecule has 1 amide bonds. The van der Waals surface area contributed by atoms with Crippen molar-refractivity contribution in [2.24, 2.45) is 5.92 Å². The van der Waals surface area contributed by atoms with E-state index >= 15 is 0 Å². The largest absolute Gasteiger partial charge is 0.405 e. The van der Waals surface area contributed by atoms with Crippen molar-refractivity contribution in [3.63, 3.8) is 0 Å². The Kier molecular flexibility index (Phi) is 5.98. The van der Waals surface area contributed by atoms with Crippen LogP contribution in [0.4, 0.5) is 13.2 Å². The van der Waals surface area contributed by atoms with Gasteiger partial charge in [0.1, 0.15) is 17.6 Å². The van der Waals surface area contributed by atoms with Crippen molar-refractivity contribution in [3.8, 4) is 0 Å². The summed E-state index contributed by atoms with van der Waals surface area (Å²) in [5.41, 5.74) is 0.492. The Bertz CT molecular complexity index is 992. The molecule has 29 heavy (non-hydrogen) atoms. The molecule has 1 aromatic carbocycles. The molecular weight excluding hydrogens is 415 g/mol. The fourth-order valence-electron chi connectivity index (χ4n) is 3.02. The summed E-state index contributed by atoms with van der Waals surface area (Å²) in [5.74, 6) is -0.745. The van der Waals surface area contributed by atoms with Gasteiger partial charge >= 0.3 is 6.18 Å². The summed E-state index contributed by atoms with van der Waals surface area (Å²) < 4.78 is 63.6. The number of hydrogen-bond donors (Lipinski definition) is 1. The van der Waals surface area contributed by atoms with Gasteiger partial charge in [0, 0.05) is 13.1 Å². The summed E-state index contributed by atoms with van der Waals surface area (Å²) in [4.78, 5) is 17.4. The van der Waals surface area contributed by atoms with Crippen LogP contribution >= 0.6 is 0 Å². The Balaban J connectivity index is 1.75. The highest BCUT2D eigenvalue weighted by atomic mass is 32.2. The molecule has 3 rings (SSSR count). The number of amides is 1. The van der Waals surface area contributed by atoms with Crippen molar-refractivity contribution < 1.29 is 31.2 Å². The lowest BCUT2D eigenvalue weighted by atomic mass is 10.0. The highest BCUT2D eigenvalue weighted by molar-refractivity contribution is 7.89. The molecular formula is C16H20F3N5O4S. The molecule has 1 aliphatic heterocycles. The minimum Gasteiger partial charge on any atom is -0.385 e. The van der Waals surface area contributed by atoms with Crippen molar-refractivity contribution in [3.05, 3.63) is 18.2 Å². The number of rotatable bonds is 6. The molecule has 2 aromatic rings. The van der Waals surface area contributed by atoms with E-state index in [1.165, 1.54) is 22.5 Å². The van der Waals surface area contributed by atoms with Crippen molar-refractivity contribution in [2.75, 3.05) is 26.2 Å². The van der Waals surface area contributed by atoms with Crippen molar-refractivity contribution >= 4 is 27.0 Å². The fourth-order valence-corrected chi connectivity index (χ4v) is 4.64. The lowest BCUT2D eigenvalue weighted by Gasteiger charge is -2.30. The van der Waals surface area contributed by atoms with Crippen LogP contribution in [0.3, 0.4) is 0 Å². The number of nitrogens with one attached hydrogen (secondary N) is 1. The van der Waals surface area contributed by atoms with Gasteiger partial charge in [0.05, 0.1) is 4.90 Å². The van der Waals surface area contributed by atoms with Crippen molar-refractivity contribution in [1.82, 2.24) is 24.8 Å². The van der Waals surface area contributed by atoms with Gasteiger partial charge in [0.2, 0.25) is 10.0 Å². The number of halogens is 3. The molecule has 0 bridgehead atoms. The fraction of sp³-hybridized carbons (Fsp3) is 0.562. The van der Waals surface area contributed by atoms with Crippen LogP contribution in [0.15, 0.2) is 23.1 Å². The first-order valence-electron chi connectivity index (χ1n) is 8.88. The van der Waals surface area contributed by atoms with E-state index in [9.17, 15) is 26.4 Å². The lowest BCUT2D eigenvalue weighted by Crippen LogP contribution is -2.39. The van der Waals surface area contributed by atoms with E-state index in [0.29, 0.717) is 18.6 Å². The predicted molar refractivity (Wildman–Crippen MR) is 95.2 cm³/mol. The molecule has 2 heterocycles. The molecule has 0 saturated carbocycles. The maximum absolute atomic E-state index is 12.9. The molecule has 0 spiro atoms. The van der Waals surface area contributed by atoms with Crippen LogP contribution < -0.4 is 10.2 Å². The summed E-state index contributed by atoms with van der Waals surface area (Å²) in [6.07, 6.45) is -2.80. The summed E-state index contributed by atoms with van der Waals surface area (Å²) in [5, 5.41) is 9.12. The van der Waals surface area contributed by atoms with Gasteiger partial charge in [0.25, 0.3) is 5.91 Å². The maximum atomic E-state index is 12.9. The first-order chi connectivity index (χ1) is 13.6. The number of fused-ring (bicyclic) bond motifs is 1. The van der Waals surface area contributed by atoms with E-state index in [0.717, 1.165) is 17.7 Å². The molecule has 1 saturated heterocycles. The minimum atomic E-state index is -4.54. The van der Waals surface area contributed by atoms with E-state index < -0.39 is 35.3 Å². The molecule has 9 nitrogen and oxygen atoms in total. The first-order valence-corrected chi connectivity index (χ1v) is 10.3. The third-order valence-corrected chi connectivity index (χ3v) is 6.31. The van der Waals surface area contributed by atoms with Gasteiger partial charge in [-0.3, -0.25) is 4.79 Å². The predicted octanol–water partition coefficient (Wildman–Crippen LogP) is 0.959. The number of carbonyl (C=O) groups is 1. The summed E-state index contributed by atoms with van der Waals surface area (Å²) >= 11 is 0. The Hall–Kier alpha value is -2.41. The zero-order valence-corrected chi connectivity index (χ0v) is 16.3. The number of alkyl halides is 3. The number of carbonyl (C=O) groups excluding carboxylic acids is 1.